The second kappa shape index (κ2) is 7.09. The van der Waals surface area contributed by atoms with Crippen molar-refractivity contribution >= 4 is 57.3 Å². The van der Waals surface area contributed by atoms with Gasteiger partial charge in [0.2, 0.25) is 11.0 Å². The van der Waals surface area contributed by atoms with E-state index >= 15 is 0 Å². The zero-order valence-corrected chi connectivity index (χ0v) is 12.7. The fourth-order valence-electron chi connectivity index (χ4n) is 1.27. The summed E-state index contributed by atoms with van der Waals surface area (Å²) in [6, 6.07) is 5.45. The van der Waals surface area contributed by atoms with Crippen molar-refractivity contribution in [3.05, 3.63) is 39.3 Å². The van der Waals surface area contributed by atoms with E-state index in [0.717, 1.165) is 5.56 Å². The Kier molecular flexibility index (Phi) is 5.45. The van der Waals surface area contributed by atoms with Crippen molar-refractivity contribution in [3.8, 4) is 0 Å². The number of aromatic nitrogens is 2. The third kappa shape index (κ3) is 4.65. The molecule has 0 aliphatic rings. The summed E-state index contributed by atoms with van der Waals surface area (Å²) in [5.41, 5.74) is 2.60. The Morgan fingerprint density at radius 3 is 2.89 bits per heavy atom. The fourth-order valence-corrected chi connectivity index (χ4v) is 2.83. The van der Waals surface area contributed by atoms with Crippen LogP contribution < -0.4 is 5.32 Å². The molecule has 0 fully saturated rings. The Morgan fingerprint density at radius 1 is 1.37 bits per heavy atom. The van der Waals surface area contributed by atoms with Crippen LogP contribution in [0.1, 0.15) is 5.56 Å². The Morgan fingerprint density at radius 2 is 2.21 bits per heavy atom. The van der Waals surface area contributed by atoms with Gasteiger partial charge in [-0.1, -0.05) is 40.6 Å². The maximum absolute atomic E-state index is 11.6. The third-order valence-electron chi connectivity index (χ3n) is 2.09. The van der Waals surface area contributed by atoms with Gasteiger partial charge >= 0.3 is 0 Å². The van der Waals surface area contributed by atoms with Gasteiger partial charge in [0.15, 0.2) is 0 Å². The largest absolute Gasteiger partial charge is 0.300 e. The van der Waals surface area contributed by atoms with Crippen molar-refractivity contribution < 1.29 is 4.79 Å². The number of thioether (sulfide) groups is 1. The molecule has 8 heteroatoms. The second-order valence-electron chi connectivity index (χ2n) is 3.53. The molecule has 1 aromatic carbocycles. The summed E-state index contributed by atoms with van der Waals surface area (Å²) in [5, 5.41) is 11.6. The molecule has 0 radical (unpaired) electrons. The summed E-state index contributed by atoms with van der Waals surface area (Å²) in [4.78, 5) is 11.6. The van der Waals surface area contributed by atoms with Crippen molar-refractivity contribution in [1.82, 2.24) is 10.2 Å². The van der Waals surface area contributed by atoms with E-state index in [1.54, 1.807) is 17.6 Å². The van der Waals surface area contributed by atoms with Gasteiger partial charge in [-0.3, -0.25) is 10.1 Å². The zero-order chi connectivity index (χ0) is 13.7. The maximum atomic E-state index is 11.6. The molecule has 0 saturated carbocycles. The first kappa shape index (κ1) is 14.6. The lowest BCUT2D eigenvalue weighted by molar-refractivity contribution is -0.113. The minimum atomic E-state index is -0.0955. The molecule has 0 unspecified atom stereocenters. The lowest BCUT2D eigenvalue weighted by atomic mass is 10.2. The van der Waals surface area contributed by atoms with Gasteiger partial charge in [-0.2, -0.15) is 0 Å². The number of hydrogen-bond donors (Lipinski definition) is 1. The number of benzene rings is 1. The van der Waals surface area contributed by atoms with Gasteiger partial charge in [-0.05, 0) is 17.7 Å². The number of nitrogens with zero attached hydrogens (tertiary/aromatic N) is 2. The fraction of sp³-hybridized carbons (Fsp3) is 0.182. The van der Waals surface area contributed by atoms with Crippen LogP contribution in [-0.2, 0) is 10.5 Å². The molecular weight excluding hydrogens is 325 g/mol. The van der Waals surface area contributed by atoms with E-state index in [9.17, 15) is 4.79 Å². The molecule has 1 N–H and O–H groups in total. The van der Waals surface area contributed by atoms with Crippen LogP contribution in [0.2, 0.25) is 10.0 Å². The maximum Gasteiger partial charge on any atom is 0.236 e. The highest BCUT2D eigenvalue weighted by atomic mass is 35.5. The van der Waals surface area contributed by atoms with Gasteiger partial charge in [0.1, 0.15) is 5.51 Å². The number of carbonyl (C=O) groups excluding carboxylic acids is 1. The molecule has 2 aromatic rings. The van der Waals surface area contributed by atoms with Crippen LogP contribution in [-0.4, -0.2) is 21.9 Å². The normalized spacial score (nSPS) is 10.4. The standard InChI is InChI=1S/C11H9Cl2N3OS2/c12-8-2-1-7(3-9(8)13)4-18-5-10(17)15-11-16-14-6-19-11/h1-3,6H,4-5H2,(H,15,16,17). The van der Waals surface area contributed by atoms with Crippen molar-refractivity contribution in [2.45, 2.75) is 5.75 Å². The number of carbonyl (C=O) groups is 1. The highest BCUT2D eigenvalue weighted by Crippen LogP contribution is 2.24. The number of nitrogens with one attached hydrogen (secondary N) is 1. The van der Waals surface area contributed by atoms with Crippen LogP contribution in [0, 0.1) is 0 Å². The van der Waals surface area contributed by atoms with Crippen molar-refractivity contribution in [2.24, 2.45) is 0 Å². The Hall–Kier alpha value is -0.820. The van der Waals surface area contributed by atoms with E-state index in [0.29, 0.717) is 26.7 Å². The van der Waals surface area contributed by atoms with Crippen LogP contribution in [0.15, 0.2) is 23.7 Å². The molecule has 19 heavy (non-hydrogen) atoms. The molecule has 0 saturated heterocycles. The number of anilines is 1. The SMILES string of the molecule is O=C(CSCc1ccc(Cl)c(Cl)c1)Nc1nncs1. The average molecular weight is 334 g/mol. The first-order valence-electron chi connectivity index (χ1n) is 5.23. The van der Waals surface area contributed by atoms with E-state index in [4.69, 9.17) is 23.2 Å². The van der Waals surface area contributed by atoms with E-state index < -0.39 is 0 Å². The minimum Gasteiger partial charge on any atom is -0.300 e. The quantitative estimate of drug-likeness (QED) is 0.905. The van der Waals surface area contributed by atoms with Gasteiger partial charge in [0.25, 0.3) is 0 Å². The van der Waals surface area contributed by atoms with Crippen LogP contribution in [0.3, 0.4) is 0 Å². The van der Waals surface area contributed by atoms with Crippen molar-refractivity contribution in [2.75, 3.05) is 11.1 Å². The lowest BCUT2D eigenvalue weighted by Gasteiger charge is -2.03. The zero-order valence-electron chi connectivity index (χ0n) is 9.60. The Labute approximate surface area is 128 Å². The van der Waals surface area contributed by atoms with E-state index in [1.807, 2.05) is 6.07 Å². The molecule has 100 valence electrons. The molecule has 0 atom stereocenters. The first-order valence-corrected chi connectivity index (χ1v) is 8.02. The van der Waals surface area contributed by atoms with Crippen molar-refractivity contribution in [1.29, 1.82) is 0 Å². The summed E-state index contributed by atoms with van der Waals surface area (Å²) in [7, 11) is 0. The molecule has 2 rings (SSSR count). The molecule has 1 amide bonds. The molecular formula is C11H9Cl2N3OS2. The third-order valence-corrected chi connectivity index (χ3v) is 4.44. The van der Waals surface area contributed by atoms with E-state index in [-0.39, 0.29) is 5.91 Å². The van der Waals surface area contributed by atoms with Gasteiger partial charge < -0.3 is 0 Å². The summed E-state index contributed by atoms with van der Waals surface area (Å²) in [6.07, 6.45) is 0. The van der Waals surface area contributed by atoms with Gasteiger partial charge in [-0.25, -0.2) is 0 Å². The second-order valence-corrected chi connectivity index (χ2v) is 6.17. The van der Waals surface area contributed by atoms with Gasteiger partial charge in [0, 0.05) is 5.75 Å². The predicted octanol–water partition coefficient (Wildman–Crippen LogP) is 3.72. The smallest absolute Gasteiger partial charge is 0.236 e. The molecule has 1 aromatic heterocycles. The van der Waals surface area contributed by atoms with E-state index in [1.165, 1.54) is 23.1 Å². The average Bonchev–Trinajstić information content (AvgIpc) is 2.86. The summed E-state index contributed by atoms with van der Waals surface area (Å²) in [5.74, 6) is 0.946. The molecule has 0 aliphatic carbocycles. The number of hydrogen-bond acceptors (Lipinski definition) is 5. The van der Waals surface area contributed by atoms with Crippen molar-refractivity contribution in [3.63, 3.8) is 0 Å². The van der Waals surface area contributed by atoms with Crippen LogP contribution in [0.25, 0.3) is 0 Å². The summed E-state index contributed by atoms with van der Waals surface area (Å²) >= 11 is 14.5. The number of halogens is 2. The lowest BCUT2D eigenvalue weighted by Crippen LogP contribution is -2.13. The van der Waals surface area contributed by atoms with Crippen LogP contribution in [0.5, 0.6) is 0 Å². The highest BCUT2D eigenvalue weighted by Gasteiger charge is 2.05. The number of rotatable bonds is 5. The Balaban J connectivity index is 1.76. The molecule has 1 heterocycles. The topological polar surface area (TPSA) is 54.9 Å². The minimum absolute atomic E-state index is 0.0955. The first-order chi connectivity index (χ1) is 9.15. The molecule has 0 bridgehead atoms. The van der Waals surface area contributed by atoms with Gasteiger partial charge in [-0.15, -0.1) is 22.0 Å². The molecule has 4 nitrogen and oxygen atoms in total. The summed E-state index contributed by atoms with van der Waals surface area (Å²) in [6.45, 7) is 0. The summed E-state index contributed by atoms with van der Waals surface area (Å²) < 4.78 is 0. The molecule has 0 spiro atoms. The van der Waals surface area contributed by atoms with Gasteiger partial charge in [0.05, 0.1) is 15.8 Å². The monoisotopic (exact) mass is 333 g/mol. The predicted molar refractivity (Wildman–Crippen MR) is 81.2 cm³/mol. The van der Waals surface area contributed by atoms with E-state index in [2.05, 4.69) is 15.5 Å². The number of amides is 1. The van der Waals surface area contributed by atoms with Crippen LogP contribution >= 0.6 is 46.3 Å². The highest BCUT2D eigenvalue weighted by molar-refractivity contribution is 7.99. The Bertz CT molecular complexity index is 563. The van der Waals surface area contributed by atoms with Crippen LogP contribution in [0.4, 0.5) is 5.13 Å². The molecule has 0 aliphatic heterocycles.